The van der Waals surface area contributed by atoms with E-state index in [1.807, 2.05) is 0 Å². The third-order valence-electron chi connectivity index (χ3n) is 5.16. The van der Waals surface area contributed by atoms with E-state index in [4.69, 9.17) is 9.26 Å². The molecule has 10 nitrogen and oxygen atoms in total. The third-order valence-corrected chi connectivity index (χ3v) is 6.53. The molecule has 1 aromatic heterocycles. The van der Waals surface area contributed by atoms with Crippen molar-refractivity contribution in [2.75, 3.05) is 10.0 Å². The molecule has 2 aliphatic heterocycles. The molecular weight excluding hydrogens is 402 g/mol. The van der Waals surface area contributed by atoms with Gasteiger partial charge in [-0.15, -0.1) is 0 Å². The molecule has 1 amide bonds. The van der Waals surface area contributed by atoms with E-state index in [-0.39, 0.29) is 10.7 Å². The molecule has 0 unspecified atom stereocenters. The van der Waals surface area contributed by atoms with Gasteiger partial charge in [0.15, 0.2) is 5.82 Å². The fourth-order valence-electron chi connectivity index (χ4n) is 3.88. The summed E-state index contributed by atoms with van der Waals surface area (Å²) in [5.74, 6) is -2.61. The van der Waals surface area contributed by atoms with Crippen LogP contribution >= 0.6 is 0 Å². The van der Waals surface area contributed by atoms with Crippen LogP contribution in [0.3, 0.4) is 0 Å². The number of nitrogens with zero attached hydrogens (tertiary/aromatic N) is 1. The van der Waals surface area contributed by atoms with Crippen LogP contribution in [-0.2, 0) is 24.3 Å². The van der Waals surface area contributed by atoms with Gasteiger partial charge in [0.25, 0.3) is 10.0 Å². The number of hydrogen-bond acceptors (Lipinski definition) is 7. The number of aryl methyl sites for hydroxylation is 1. The number of rotatable bonds is 6. The van der Waals surface area contributed by atoms with Gasteiger partial charge in [-0.3, -0.25) is 14.3 Å². The Morgan fingerprint density at radius 2 is 1.79 bits per heavy atom. The van der Waals surface area contributed by atoms with Gasteiger partial charge in [-0.25, -0.2) is 8.42 Å². The van der Waals surface area contributed by atoms with Crippen LogP contribution in [0.4, 0.5) is 11.5 Å². The molecule has 2 aromatic rings. The molecule has 4 rings (SSSR count). The molecule has 3 heterocycles. The van der Waals surface area contributed by atoms with Crippen LogP contribution in [0.2, 0.25) is 0 Å². The van der Waals surface area contributed by atoms with Gasteiger partial charge < -0.3 is 19.7 Å². The number of sulfonamides is 1. The lowest BCUT2D eigenvalue weighted by molar-refractivity contribution is -0.147. The zero-order chi connectivity index (χ0) is 20.8. The van der Waals surface area contributed by atoms with Crippen LogP contribution < -0.4 is 10.0 Å². The molecule has 0 spiro atoms. The number of carbonyl (C=O) groups excluding carboxylic acids is 1. The predicted molar refractivity (Wildman–Crippen MR) is 99.6 cm³/mol. The molecule has 2 saturated heterocycles. The quantitative estimate of drug-likeness (QED) is 0.637. The lowest BCUT2D eigenvalue weighted by Crippen LogP contribution is -2.40. The first-order valence-corrected chi connectivity index (χ1v) is 10.5. The summed E-state index contributed by atoms with van der Waals surface area (Å²) < 4.78 is 37.5. The van der Waals surface area contributed by atoms with E-state index >= 15 is 0 Å². The Morgan fingerprint density at radius 1 is 1.14 bits per heavy atom. The smallest absolute Gasteiger partial charge is 0.310 e. The Morgan fingerprint density at radius 3 is 2.38 bits per heavy atom. The molecular formula is C18H19N3O7S. The minimum atomic E-state index is -3.87. The van der Waals surface area contributed by atoms with E-state index in [1.54, 1.807) is 6.92 Å². The van der Waals surface area contributed by atoms with Crippen LogP contribution in [0.1, 0.15) is 18.6 Å². The van der Waals surface area contributed by atoms with Crippen LogP contribution in [0.25, 0.3) is 0 Å². The SMILES string of the molecule is Cc1cc(NS(=O)(=O)c2ccc(NC(=O)[C@H]3[C@H](C(=O)O)[C@H]4CC[C@H]3O4)cc2)no1. The average molecular weight is 421 g/mol. The van der Waals surface area contributed by atoms with Crippen LogP contribution in [-0.4, -0.2) is 42.8 Å². The number of carboxylic acid groups (broad SMARTS) is 1. The standard InChI is InChI=1S/C18H19N3O7S/c1-9-8-14(20-28-9)21-29(25,26)11-4-2-10(3-5-11)19-17(22)15-12-6-7-13(27-12)16(15)18(23)24/h2-5,8,12-13,15-16H,6-7H2,1H3,(H,19,22)(H,20,21)(H,23,24)/t12-,13-,15-,16-/m1/s1. The van der Waals surface area contributed by atoms with E-state index in [2.05, 4.69) is 15.2 Å². The summed E-state index contributed by atoms with van der Waals surface area (Å²) in [4.78, 5) is 24.1. The number of carboxylic acids is 1. The molecule has 3 N–H and O–H groups in total. The van der Waals surface area contributed by atoms with Gasteiger partial charge in [-0.05, 0) is 44.0 Å². The third kappa shape index (κ3) is 3.70. The topological polar surface area (TPSA) is 148 Å². The van der Waals surface area contributed by atoms with Crippen molar-refractivity contribution < 1.29 is 32.4 Å². The number of aromatic nitrogens is 1. The highest BCUT2D eigenvalue weighted by molar-refractivity contribution is 7.92. The number of benzene rings is 1. The van der Waals surface area contributed by atoms with Gasteiger partial charge in [-0.2, -0.15) is 0 Å². The fourth-order valence-corrected chi connectivity index (χ4v) is 4.86. The summed E-state index contributed by atoms with van der Waals surface area (Å²) in [6.07, 6.45) is 0.440. The Hall–Kier alpha value is -2.92. The van der Waals surface area contributed by atoms with E-state index in [9.17, 15) is 23.1 Å². The summed E-state index contributed by atoms with van der Waals surface area (Å²) in [6.45, 7) is 1.64. The van der Waals surface area contributed by atoms with Gasteiger partial charge in [0.05, 0.1) is 28.9 Å². The first-order chi connectivity index (χ1) is 13.7. The van der Waals surface area contributed by atoms with Gasteiger partial charge in [0.1, 0.15) is 5.76 Å². The minimum absolute atomic E-state index is 0.0252. The van der Waals surface area contributed by atoms with Gasteiger partial charge in [-0.1, -0.05) is 5.16 Å². The van der Waals surface area contributed by atoms with E-state index < -0.39 is 45.9 Å². The molecule has 2 fully saturated rings. The lowest BCUT2D eigenvalue weighted by Gasteiger charge is -2.23. The zero-order valence-electron chi connectivity index (χ0n) is 15.4. The van der Waals surface area contributed by atoms with Crippen molar-refractivity contribution in [1.82, 2.24) is 5.16 Å². The summed E-state index contributed by atoms with van der Waals surface area (Å²) in [7, 11) is -3.87. The van der Waals surface area contributed by atoms with Crippen molar-refractivity contribution in [2.45, 2.75) is 36.9 Å². The molecule has 0 saturated carbocycles. The Labute approximate surface area is 166 Å². The highest BCUT2D eigenvalue weighted by Crippen LogP contribution is 2.44. The van der Waals surface area contributed by atoms with Crippen molar-refractivity contribution in [3.63, 3.8) is 0 Å². The fraction of sp³-hybridized carbons (Fsp3) is 0.389. The molecule has 29 heavy (non-hydrogen) atoms. The first-order valence-electron chi connectivity index (χ1n) is 9.00. The molecule has 2 aliphatic rings. The van der Waals surface area contributed by atoms with Gasteiger partial charge in [0, 0.05) is 11.8 Å². The van der Waals surface area contributed by atoms with Crippen molar-refractivity contribution in [3.05, 3.63) is 36.1 Å². The zero-order valence-corrected chi connectivity index (χ0v) is 16.2. The van der Waals surface area contributed by atoms with Crippen molar-refractivity contribution in [3.8, 4) is 0 Å². The van der Waals surface area contributed by atoms with Crippen LogP contribution in [0.15, 0.2) is 39.8 Å². The highest BCUT2D eigenvalue weighted by Gasteiger charge is 2.55. The largest absolute Gasteiger partial charge is 0.481 e. The second-order valence-corrected chi connectivity index (χ2v) is 8.80. The number of aliphatic carboxylic acids is 1. The number of nitrogens with one attached hydrogen (secondary N) is 2. The Balaban J connectivity index is 1.45. The predicted octanol–water partition coefficient (Wildman–Crippen LogP) is 1.60. The average Bonchev–Trinajstić information content (AvgIpc) is 3.37. The van der Waals surface area contributed by atoms with E-state index in [1.165, 1.54) is 30.3 Å². The van der Waals surface area contributed by atoms with Gasteiger partial charge in [0.2, 0.25) is 5.91 Å². The summed E-state index contributed by atoms with van der Waals surface area (Å²) in [5.41, 5.74) is 0.359. The second-order valence-electron chi connectivity index (χ2n) is 7.12. The number of carbonyl (C=O) groups is 2. The Bertz CT molecular complexity index is 1050. The maximum Gasteiger partial charge on any atom is 0.310 e. The summed E-state index contributed by atoms with van der Waals surface area (Å²) >= 11 is 0. The van der Waals surface area contributed by atoms with Gasteiger partial charge >= 0.3 is 5.97 Å². The molecule has 2 bridgehead atoms. The summed E-state index contributed by atoms with van der Waals surface area (Å²) in [5, 5.41) is 15.7. The number of hydrogen-bond donors (Lipinski definition) is 3. The second kappa shape index (κ2) is 7.16. The van der Waals surface area contributed by atoms with Crippen molar-refractivity contribution in [2.24, 2.45) is 11.8 Å². The minimum Gasteiger partial charge on any atom is -0.481 e. The number of fused-ring (bicyclic) bond motifs is 2. The lowest BCUT2D eigenvalue weighted by atomic mass is 9.78. The highest BCUT2D eigenvalue weighted by atomic mass is 32.2. The monoisotopic (exact) mass is 421 g/mol. The molecule has 11 heteroatoms. The number of anilines is 2. The summed E-state index contributed by atoms with van der Waals surface area (Å²) in [6, 6.07) is 6.98. The van der Waals surface area contributed by atoms with Crippen LogP contribution in [0, 0.1) is 18.8 Å². The van der Waals surface area contributed by atoms with Crippen LogP contribution in [0.5, 0.6) is 0 Å². The molecule has 1 aromatic carbocycles. The maximum absolute atomic E-state index is 12.6. The van der Waals surface area contributed by atoms with E-state index in [0.29, 0.717) is 24.3 Å². The first kappa shape index (κ1) is 19.4. The number of ether oxygens (including phenoxy) is 1. The maximum atomic E-state index is 12.6. The molecule has 0 radical (unpaired) electrons. The Kier molecular flexibility index (Phi) is 4.79. The number of amides is 1. The molecule has 154 valence electrons. The normalized spacial score (nSPS) is 25.7. The molecule has 0 aliphatic carbocycles. The van der Waals surface area contributed by atoms with Crippen molar-refractivity contribution >= 4 is 33.4 Å². The molecule has 4 atom stereocenters. The van der Waals surface area contributed by atoms with E-state index in [0.717, 1.165) is 0 Å². The van der Waals surface area contributed by atoms with Crippen molar-refractivity contribution in [1.29, 1.82) is 0 Å².